The van der Waals surface area contributed by atoms with Crippen LogP contribution in [-0.4, -0.2) is 33.9 Å². The van der Waals surface area contributed by atoms with E-state index in [1.54, 1.807) is 12.1 Å². The Morgan fingerprint density at radius 3 is 2.92 bits per heavy atom. The fourth-order valence-corrected chi connectivity index (χ4v) is 3.55. The standard InChI is InChI=1S/C19H18ClN3O/c20-15-7-3-5-13(11-15)19(24)23-10-4-6-14(12-23)18-21-16-8-1-2-9-17(16)22-18/h1-3,5,7-9,11,14H,4,6,10,12H2,(H,21,22). The van der Waals surface area contributed by atoms with Gasteiger partial charge >= 0.3 is 0 Å². The summed E-state index contributed by atoms with van der Waals surface area (Å²) in [6.45, 7) is 1.47. The van der Waals surface area contributed by atoms with Gasteiger partial charge in [-0.1, -0.05) is 29.8 Å². The van der Waals surface area contributed by atoms with E-state index in [1.807, 2.05) is 41.3 Å². The average Bonchev–Trinajstić information content (AvgIpc) is 3.05. The molecular formula is C19H18ClN3O. The minimum absolute atomic E-state index is 0.0401. The minimum atomic E-state index is 0.0401. The van der Waals surface area contributed by atoms with Crippen LogP contribution in [0, 0.1) is 0 Å². The van der Waals surface area contributed by atoms with Crippen LogP contribution in [0.2, 0.25) is 5.02 Å². The summed E-state index contributed by atoms with van der Waals surface area (Å²) in [6.07, 6.45) is 2.02. The first kappa shape index (κ1) is 15.2. The van der Waals surface area contributed by atoms with Crippen LogP contribution in [0.25, 0.3) is 11.0 Å². The zero-order valence-electron chi connectivity index (χ0n) is 13.2. The third-order valence-corrected chi connectivity index (χ3v) is 4.81. The van der Waals surface area contributed by atoms with Gasteiger partial charge in [-0.25, -0.2) is 4.98 Å². The maximum atomic E-state index is 12.7. The van der Waals surface area contributed by atoms with E-state index in [4.69, 9.17) is 16.6 Å². The number of carbonyl (C=O) groups excluding carboxylic acids is 1. The number of amides is 1. The van der Waals surface area contributed by atoms with E-state index in [0.717, 1.165) is 36.2 Å². The summed E-state index contributed by atoms with van der Waals surface area (Å²) >= 11 is 6.01. The number of hydrogen-bond donors (Lipinski definition) is 1. The summed E-state index contributed by atoms with van der Waals surface area (Å²) in [5, 5.41) is 0.590. The first-order valence-corrected chi connectivity index (χ1v) is 8.58. The van der Waals surface area contributed by atoms with E-state index >= 15 is 0 Å². The molecule has 1 aromatic heterocycles. The number of imidazole rings is 1. The van der Waals surface area contributed by atoms with Gasteiger partial charge in [0.1, 0.15) is 5.82 Å². The van der Waals surface area contributed by atoms with Crippen LogP contribution >= 0.6 is 11.6 Å². The molecule has 0 saturated carbocycles. The van der Waals surface area contributed by atoms with Gasteiger partial charge in [0.2, 0.25) is 0 Å². The lowest BCUT2D eigenvalue weighted by molar-refractivity contribution is 0.0705. The zero-order chi connectivity index (χ0) is 16.5. The number of rotatable bonds is 2. The van der Waals surface area contributed by atoms with Gasteiger partial charge in [0.05, 0.1) is 11.0 Å². The second kappa shape index (κ2) is 6.29. The molecule has 0 aliphatic carbocycles. The Bertz CT molecular complexity index is 856. The van der Waals surface area contributed by atoms with Gasteiger partial charge in [0, 0.05) is 29.6 Å². The van der Waals surface area contributed by atoms with Crippen molar-refractivity contribution in [2.75, 3.05) is 13.1 Å². The van der Waals surface area contributed by atoms with E-state index in [0.29, 0.717) is 17.1 Å². The molecule has 122 valence electrons. The summed E-state index contributed by atoms with van der Waals surface area (Å²) in [5.74, 6) is 1.26. The molecule has 4 nitrogen and oxygen atoms in total. The number of nitrogens with one attached hydrogen (secondary N) is 1. The molecule has 1 atom stereocenters. The van der Waals surface area contributed by atoms with Gasteiger partial charge in [-0.15, -0.1) is 0 Å². The number of likely N-dealkylation sites (tertiary alicyclic amines) is 1. The van der Waals surface area contributed by atoms with Gasteiger partial charge < -0.3 is 9.88 Å². The molecule has 5 heteroatoms. The zero-order valence-corrected chi connectivity index (χ0v) is 14.0. The van der Waals surface area contributed by atoms with Crippen molar-refractivity contribution in [1.82, 2.24) is 14.9 Å². The summed E-state index contributed by atoms with van der Waals surface area (Å²) in [7, 11) is 0. The molecule has 24 heavy (non-hydrogen) atoms. The van der Waals surface area contributed by atoms with Crippen molar-refractivity contribution in [2.24, 2.45) is 0 Å². The highest BCUT2D eigenvalue weighted by molar-refractivity contribution is 6.30. The van der Waals surface area contributed by atoms with Crippen molar-refractivity contribution in [2.45, 2.75) is 18.8 Å². The smallest absolute Gasteiger partial charge is 0.253 e. The van der Waals surface area contributed by atoms with Gasteiger partial charge in [0.15, 0.2) is 0 Å². The van der Waals surface area contributed by atoms with Crippen LogP contribution in [0.4, 0.5) is 0 Å². The lowest BCUT2D eigenvalue weighted by atomic mass is 9.96. The van der Waals surface area contributed by atoms with Crippen molar-refractivity contribution in [3.63, 3.8) is 0 Å². The number of benzene rings is 2. The highest BCUT2D eigenvalue weighted by atomic mass is 35.5. The molecule has 0 spiro atoms. The topological polar surface area (TPSA) is 49.0 Å². The van der Waals surface area contributed by atoms with Crippen LogP contribution in [-0.2, 0) is 0 Å². The monoisotopic (exact) mass is 339 g/mol. The van der Waals surface area contributed by atoms with Crippen molar-refractivity contribution in [1.29, 1.82) is 0 Å². The molecule has 1 aliphatic heterocycles. The quantitative estimate of drug-likeness (QED) is 0.759. The number of fused-ring (bicyclic) bond motifs is 1. The van der Waals surface area contributed by atoms with Crippen LogP contribution in [0.15, 0.2) is 48.5 Å². The van der Waals surface area contributed by atoms with Crippen LogP contribution in [0.1, 0.15) is 34.9 Å². The third kappa shape index (κ3) is 2.89. The van der Waals surface area contributed by atoms with Gasteiger partial charge in [-0.3, -0.25) is 4.79 Å². The molecule has 3 aromatic rings. The summed E-state index contributed by atoms with van der Waals surface area (Å²) < 4.78 is 0. The predicted octanol–water partition coefficient (Wildman–Crippen LogP) is 4.24. The predicted molar refractivity (Wildman–Crippen MR) is 95.4 cm³/mol. The molecule has 1 saturated heterocycles. The fraction of sp³-hybridized carbons (Fsp3) is 0.263. The van der Waals surface area contributed by atoms with Gasteiger partial charge in [0.25, 0.3) is 5.91 Å². The second-order valence-electron chi connectivity index (χ2n) is 6.24. The minimum Gasteiger partial charge on any atom is -0.342 e. The largest absolute Gasteiger partial charge is 0.342 e. The fourth-order valence-electron chi connectivity index (χ4n) is 3.35. The molecule has 1 aliphatic rings. The van der Waals surface area contributed by atoms with E-state index in [1.165, 1.54) is 0 Å². The number of piperidine rings is 1. The highest BCUT2D eigenvalue weighted by Crippen LogP contribution is 2.27. The first-order valence-electron chi connectivity index (χ1n) is 8.20. The summed E-state index contributed by atoms with van der Waals surface area (Å²) in [5.41, 5.74) is 2.67. The van der Waals surface area contributed by atoms with E-state index < -0.39 is 0 Å². The van der Waals surface area contributed by atoms with E-state index in [9.17, 15) is 4.79 Å². The van der Waals surface area contributed by atoms with Crippen molar-refractivity contribution in [3.05, 3.63) is 64.9 Å². The van der Waals surface area contributed by atoms with E-state index in [2.05, 4.69) is 4.98 Å². The number of nitrogens with zero attached hydrogens (tertiary/aromatic N) is 2. The number of H-pyrrole nitrogens is 1. The molecule has 1 unspecified atom stereocenters. The Morgan fingerprint density at radius 1 is 1.21 bits per heavy atom. The number of carbonyl (C=O) groups is 1. The second-order valence-corrected chi connectivity index (χ2v) is 6.68. The van der Waals surface area contributed by atoms with Crippen LogP contribution in [0.3, 0.4) is 0 Å². The molecular weight excluding hydrogens is 322 g/mol. The Hall–Kier alpha value is -2.33. The Morgan fingerprint density at radius 2 is 2.08 bits per heavy atom. The van der Waals surface area contributed by atoms with Gasteiger partial charge in [-0.2, -0.15) is 0 Å². The van der Waals surface area contributed by atoms with Crippen molar-refractivity contribution in [3.8, 4) is 0 Å². The summed E-state index contributed by atoms with van der Waals surface area (Å²) in [6, 6.07) is 15.2. The molecule has 1 amide bonds. The lowest BCUT2D eigenvalue weighted by Crippen LogP contribution is -2.39. The van der Waals surface area contributed by atoms with Crippen LogP contribution in [0.5, 0.6) is 0 Å². The molecule has 1 N–H and O–H groups in total. The Kier molecular flexibility index (Phi) is 3.98. The number of hydrogen-bond acceptors (Lipinski definition) is 2. The lowest BCUT2D eigenvalue weighted by Gasteiger charge is -2.32. The first-order chi connectivity index (χ1) is 11.7. The molecule has 2 heterocycles. The highest BCUT2D eigenvalue weighted by Gasteiger charge is 2.27. The molecule has 0 bridgehead atoms. The third-order valence-electron chi connectivity index (χ3n) is 4.57. The molecule has 4 rings (SSSR count). The normalized spacial score (nSPS) is 18.0. The van der Waals surface area contributed by atoms with Crippen molar-refractivity contribution < 1.29 is 4.79 Å². The Labute approximate surface area is 145 Å². The van der Waals surface area contributed by atoms with Crippen molar-refractivity contribution >= 4 is 28.5 Å². The van der Waals surface area contributed by atoms with E-state index in [-0.39, 0.29) is 11.8 Å². The maximum Gasteiger partial charge on any atom is 0.253 e. The average molecular weight is 340 g/mol. The molecule has 0 radical (unpaired) electrons. The maximum absolute atomic E-state index is 12.7. The SMILES string of the molecule is O=C(c1cccc(Cl)c1)N1CCCC(c2nc3ccccc3[nH]2)C1. The number of halogens is 1. The van der Waals surface area contributed by atoms with Gasteiger partial charge in [-0.05, 0) is 43.2 Å². The van der Waals surface area contributed by atoms with Crippen LogP contribution < -0.4 is 0 Å². The molecule has 2 aromatic carbocycles. The number of aromatic nitrogens is 2. The molecule has 1 fully saturated rings. The summed E-state index contributed by atoms with van der Waals surface area (Å²) in [4.78, 5) is 22.8. The number of para-hydroxylation sites is 2. The Balaban J connectivity index is 1.56. The number of aromatic amines is 1.